The number of hydrogen-bond acceptors (Lipinski definition) is 2. The van der Waals surface area contributed by atoms with Crippen LogP contribution in [0.3, 0.4) is 0 Å². The van der Waals surface area contributed by atoms with E-state index in [2.05, 4.69) is 24.5 Å². The van der Waals surface area contributed by atoms with Crippen LogP contribution >= 0.6 is 0 Å². The number of nitrogens with one attached hydrogen (secondary N) is 2. The van der Waals surface area contributed by atoms with E-state index in [0.29, 0.717) is 5.69 Å². The van der Waals surface area contributed by atoms with Crippen molar-refractivity contribution in [3.05, 3.63) is 29.8 Å². The molecule has 1 saturated heterocycles. The average Bonchev–Trinajstić information content (AvgIpc) is 2.51. The smallest absolute Gasteiger partial charge is 0.149 e. The highest BCUT2D eigenvalue weighted by molar-refractivity contribution is 5.46. The van der Waals surface area contributed by atoms with Gasteiger partial charge in [-0.3, -0.25) is 0 Å². The molecule has 0 amide bonds. The van der Waals surface area contributed by atoms with E-state index in [0.717, 1.165) is 19.0 Å². The first-order valence-electron chi connectivity index (χ1n) is 5.43. The Hall–Kier alpha value is -1.16. The molecule has 0 aromatic heterocycles. The van der Waals surface area contributed by atoms with Gasteiger partial charge in [0.05, 0.1) is 5.69 Å². The van der Waals surface area contributed by atoms with Crippen molar-refractivity contribution in [1.82, 2.24) is 5.32 Å². The zero-order chi connectivity index (χ0) is 11.8. The van der Waals surface area contributed by atoms with E-state index < -0.39 is 11.6 Å². The summed E-state index contributed by atoms with van der Waals surface area (Å²) < 4.78 is 26.1. The molecule has 0 saturated carbocycles. The summed E-state index contributed by atoms with van der Waals surface area (Å²) in [5, 5.41) is 6.43. The Morgan fingerprint density at radius 1 is 1.38 bits per heavy atom. The van der Waals surface area contributed by atoms with Gasteiger partial charge < -0.3 is 10.6 Å². The minimum absolute atomic E-state index is 0.0776. The second-order valence-electron chi connectivity index (χ2n) is 4.93. The van der Waals surface area contributed by atoms with Gasteiger partial charge in [0.2, 0.25) is 0 Å². The standard InChI is InChI=1S/C12H16F2N2/c1-12(2)6-9(7-15-12)16-11-4-3-8(13)5-10(11)14/h3-5,9,15-16H,6-7H2,1-2H3. The SMILES string of the molecule is CC1(C)CC(Nc2ccc(F)cc2F)CN1. The fourth-order valence-electron chi connectivity index (χ4n) is 2.09. The van der Waals surface area contributed by atoms with Gasteiger partial charge in [0.15, 0.2) is 0 Å². The molecule has 1 heterocycles. The van der Waals surface area contributed by atoms with Crippen molar-refractivity contribution in [2.24, 2.45) is 0 Å². The molecule has 0 radical (unpaired) electrons. The molecule has 1 aromatic carbocycles. The van der Waals surface area contributed by atoms with Crippen LogP contribution in [0, 0.1) is 11.6 Å². The second-order valence-corrected chi connectivity index (χ2v) is 4.93. The monoisotopic (exact) mass is 226 g/mol. The fraction of sp³-hybridized carbons (Fsp3) is 0.500. The lowest BCUT2D eigenvalue weighted by Gasteiger charge is -2.18. The molecular formula is C12H16F2N2. The lowest BCUT2D eigenvalue weighted by atomic mass is 10.0. The number of halogens is 2. The molecule has 1 aliphatic rings. The van der Waals surface area contributed by atoms with Crippen LogP contribution in [0.5, 0.6) is 0 Å². The summed E-state index contributed by atoms with van der Waals surface area (Å²) in [7, 11) is 0. The van der Waals surface area contributed by atoms with Crippen LogP contribution in [0.15, 0.2) is 18.2 Å². The number of benzene rings is 1. The maximum Gasteiger partial charge on any atom is 0.149 e. The van der Waals surface area contributed by atoms with Crippen LogP contribution in [0.2, 0.25) is 0 Å². The summed E-state index contributed by atoms with van der Waals surface area (Å²) in [6.07, 6.45) is 0.920. The predicted molar refractivity (Wildman–Crippen MR) is 60.5 cm³/mol. The zero-order valence-corrected chi connectivity index (χ0v) is 9.48. The molecule has 0 bridgehead atoms. The van der Waals surface area contributed by atoms with Gasteiger partial charge in [-0.05, 0) is 32.4 Å². The zero-order valence-electron chi connectivity index (χ0n) is 9.48. The summed E-state index contributed by atoms with van der Waals surface area (Å²) in [6, 6.07) is 3.79. The first-order chi connectivity index (χ1) is 7.46. The first kappa shape index (κ1) is 11.3. The molecule has 2 nitrogen and oxygen atoms in total. The van der Waals surface area contributed by atoms with E-state index in [1.54, 1.807) is 0 Å². The van der Waals surface area contributed by atoms with Gasteiger partial charge in [-0.15, -0.1) is 0 Å². The van der Waals surface area contributed by atoms with Gasteiger partial charge in [-0.2, -0.15) is 0 Å². The molecule has 0 spiro atoms. The van der Waals surface area contributed by atoms with Crippen molar-refractivity contribution in [3.63, 3.8) is 0 Å². The third kappa shape index (κ3) is 2.50. The molecule has 0 aliphatic carbocycles. The molecule has 16 heavy (non-hydrogen) atoms. The topological polar surface area (TPSA) is 24.1 Å². The maximum atomic E-state index is 13.4. The highest BCUT2D eigenvalue weighted by Gasteiger charge is 2.30. The fourth-order valence-corrected chi connectivity index (χ4v) is 2.09. The summed E-state index contributed by atoms with van der Waals surface area (Å²) in [5.41, 5.74) is 0.444. The van der Waals surface area contributed by atoms with Gasteiger partial charge in [0.25, 0.3) is 0 Å². The molecule has 1 aromatic rings. The van der Waals surface area contributed by atoms with E-state index in [4.69, 9.17) is 0 Å². The van der Waals surface area contributed by atoms with Crippen molar-refractivity contribution >= 4 is 5.69 Å². The third-order valence-corrected chi connectivity index (χ3v) is 2.87. The molecule has 1 atom stereocenters. The second kappa shape index (κ2) is 4.01. The lowest BCUT2D eigenvalue weighted by molar-refractivity contribution is 0.457. The number of rotatable bonds is 2. The summed E-state index contributed by atoms with van der Waals surface area (Å²) in [6.45, 7) is 5.01. The summed E-state index contributed by atoms with van der Waals surface area (Å²) in [5.74, 6) is -1.09. The lowest BCUT2D eigenvalue weighted by Crippen LogP contribution is -2.31. The number of hydrogen-bond donors (Lipinski definition) is 2. The van der Waals surface area contributed by atoms with Crippen LogP contribution in [0.4, 0.5) is 14.5 Å². The van der Waals surface area contributed by atoms with E-state index in [9.17, 15) is 8.78 Å². The van der Waals surface area contributed by atoms with Gasteiger partial charge in [0.1, 0.15) is 11.6 Å². The van der Waals surface area contributed by atoms with E-state index in [-0.39, 0.29) is 11.6 Å². The minimum atomic E-state index is -0.548. The average molecular weight is 226 g/mol. The molecule has 2 N–H and O–H groups in total. The maximum absolute atomic E-state index is 13.4. The van der Waals surface area contributed by atoms with Crippen LogP contribution in [0.25, 0.3) is 0 Å². The molecule has 1 unspecified atom stereocenters. The van der Waals surface area contributed by atoms with E-state index >= 15 is 0 Å². The summed E-state index contributed by atoms with van der Waals surface area (Å²) in [4.78, 5) is 0. The molecule has 1 aliphatic heterocycles. The number of anilines is 1. The van der Waals surface area contributed by atoms with E-state index in [1.807, 2.05) is 0 Å². The molecule has 1 fully saturated rings. The van der Waals surface area contributed by atoms with Crippen LogP contribution in [0.1, 0.15) is 20.3 Å². The predicted octanol–water partition coefficient (Wildman–Crippen LogP) is 2.52. The van der Waals surface area contributed by atoms with Gasteiger partial charge in [-0.25, -0.2) is 8.78 Å². The molecular weight excluding hydrogens is 210 g/mol. The normalized spacial score (nSPS) is 23.4. The van der Waals surface area contributed by atoms with Crippen molar-refractivity contribution < 1.29 is 8.78 Å². The molecule has 4 heteroatoms. The third-order valence-electron chi connectivity index (χ3n) is 2.87. The Kier molecular flexibility index (Phi) is 2.84. The Morgan fingerprint density at radius 2 is 2.12 bits per heavy atom. The summed E-state index contributed by atoms with van der Waals surface area (Å²) >= 11 is 0. The van der Waals surface area contributed by atoms with Crippen LogP contribution in [-0.4, -0.2) is 18.1 Å². The van der Waals surface area contributed by atoms with Crippen molar-refractivity contribution in [2.75, 3.05) is 11.9 Å². The van der Waals surface area contributed by atoms with Crippen molar-refractivity contribution in [2.45, 2.75) is 31.8 Å². The van der Waals surface area contributed by atoms with Crippen LogP contribution < -0.4 is 10.6 Å². The van der Waals surface area contributed by atoms with E-state index in [1.165, 1.54) is 12.1 Å². The Bertz CT molecular complexity index is 391. The highest BCUT2D eigenvalue weighted by Crippen LogP contribution is 2.23. The largest absolute Gasteiger partial charge is 0.379 e. The van der Waals surface area contributed by atoms with Gasteiger partial charge in [0, 0.05) is 24.2 Å². The molecule has 88 valence electrons. The Labute approximate surface area is 94.0 Å². The first-order valence-corrected chi connectivity index (χ1v) is 5.43. The van der Waals surface area contributed by atoms with Crippen molar-refractivity contribution in [3.8, 4) is 0 Å². The minimum Gasteiger partial charge on any atom is -0.379 e. The quantitative estimate of drug-likeness (QED) is 0.809. The van der Waals surface area contributed by atoms with Crippen LogP contribution in [-0.2, 0) is 0 Å². The van der Waals surface area contributed by atoms with Crippen molar-refractivity contribution in [1.29, 1.82) is 0 Å². The van der Waals surface area contributed by atoms with Gasteiger partial charge >= 0.3 is 0 Å². The Morgan fingerprint density at radius 3 is 2.69 bits per heavy atom. The highest BCUT2D eigenvalue weighted by atomic mass is 19.1. The van der Waals surface area contributed by atoms with Gasteiger partial charge in [-0.1, -0.05) is 0 Å². The Balaban J connectivity index is 2.05. The molecule has 2 rings (SSSR count).